The number of fused-ring (bicyclic) bond motifs is 1. The van der Waals surface area contributed by atoms with Gasteiger partial charge in [-0.05, 0) is 70.5 Å². The minimum Gasteiger partial charge on any atom is -0.497 e. The van der Waals surface area contributed by atoms with Crippen LogP contribution >= 0.6 is 7.82 Å². The minimum absolute atomic E-state index is 0.0329. The molecule has 0 aliphatic heterocycles. The minimum atomic E-state index is -4.85. The number of hydrogen-bond acceptors (Lipinski definition) is 7. The summed E-state index contributed by atoms with van der Waals surface area (Å²) in [5.41, 5.74) is 3.63. The molecule has 0 radical (unpaired) electrons. The van der Waals surface area contributed by atoms with Gasteiger partial charge in [0, 0.05) is 6.42 Å². The van der Waals surface area contributed by atoms with Crippen LogP contribution in [0.1, 0.15) is 41.7 Å². The number of methoxy groups -OCH3 is 3. The molecular formula is C27H30NO9P. The van der Waals surface area contributed by atoms with Crippen LogP contribution in [-0.4, -0.2) is 37.0 Å². The summed E-state index contributed by atoms with van der Waals surface area (Å²) in [6, 6.07) is 12.6. The van der Waals surface area contributed by atoms with Gasteiger partial charge in [0.05, 0.1) is 34.1 Å². The zero-order chi connectivity index (χ0) is 27.4. The number of amides is 1. The summed E-state index contributed by atoms with van der Waals surface area (Å²) in [7, 11) is -0.509. The normalized spacial score (nSPS) is 17.7. The van der Waals surface area contributed by atoms with Gasteiger partial charge in [-0.1, -0.05) is 19.1 Å². The quantitative estimate of drug-likeness (QED) is 0.309. The number of ether oxygens (including phenoxy) is 3. The molecule has 2 unspecified atom stereocenters. The number of allylic oxidation sites excluding steroid dienone is 1. The number of benzene rings is 2. The molecular weight excluding hydrogens is 513 g/mol. The number of rotatable bonds is 10. The van der Waals surface area contributed by atoms with Gasteiger partial charge < -0.3 is 28.5 Å². The highest BCUT2D eigenvalue weighted by Gasteiger charge is 2.35. The zero-order valence-corrected chi connectivity index (χ0v) is 22.4. The fraction of sp³-hybridized carbons (Fsp3) is 0.296. The monoisotopic (exact) mass is 543 g/mol. The van der Waals surface area contributed by atoms with E-state index in [9.17, 15) is 19.1 Å². The van der Waals surface area contributed by atoms with Gasteiger partial charge in [-0.15, -0.1) is 0 Å². The lowest BCUT2D eigenvalue weighted by atomic mass is 9.88. The van der Waals surface area contributed by atoms with Crippen molar-refractivity contribution in [1.82, 2.24) is 5.32 Å². The summed E-state index contributed by atoms with van der Waals surface area (Å²) in [5, 5.41) is 2.92. The lowest BCUT2D eigenvalue weighted by Gasteiger charge is -2.18. The Morgan fingerprint density at radius 3 is 2.37 bits per heavy atom. The van der Waals surface area contributed by atoms with Crippen molar-refractivity contribution in [3.05, 3.63) is 71.2 Å². The highest BCUT2D eigenvalue weighted by molar-refractivity contribution is 7.46. The van der Waals surface area contributed by atoms with Crippen LogP contribution in [-0.2, 0) is 15.9 Å². The predicted molar refractivity (Wildman–Crippen MR) is 140 cm³/mol. The zero-order valence-electron chi connectivity index (χ0n) is 21.5. The van der Waals surface area contributed by atoms with E-state index < -0.39 is 7.82 Å². The van der Waals surface area contributed by atoms with Crippen LogP contribution in [0.4, 0.5) is 0 Å². The summed E-state index contributed by atoms with van der Waals surface area (Å²) in [6.45, 7) is 2.37. The molecule has 4 rings (SSSR count). The lowest BCUT2D eigenvalue weighted by molar-refractivity contribution is -0.121. The first-order chi connectivity index (χ1) is 18.1. The second-order valence-electron chi connectivity index (χ2n) is 8.84. The van der Waals surface area contributed by atoms with Gasteiger partial charge in [0.25, 0.3) is 0 Å². The van der Waals surface area contributed by atoms with Gasteiger partial charge >= 0.3 is 7.82 Å². The number of hydrogen-bond donors (Lipinski definition) is 3. The Bertz CT molecular complexity index is 1350. The Balaban J connectivity index is 1.69. The highest BCUT2D eigenvalue weighted by Crippen LogP contribution is 2.51. The number of phosphoric ester groups is 1. The van der Waals surface area contributed by atoms with E-state index in [1.54, 1.807) is 37.6 Å². The summed E-state index contributed by atoms with van der Waals surface area (Å²) in [6.07, 6.45) is 3.78. The van der Waals surface area contributed by atoms with Gasteiger partial charge in [0.1, 0.15) is 11.5 Å². The van der Waals surface area contributed by atoms with Crippen molar-refractivity contribution < 1.29 is 42.3 Å². The average Bonchev–Trinajstić information content (AvgIpc) is 3.49. The van der Waals surface area contributed by atoms with E-state index >= 15 is 0 Å². The van der Waals surface area contributed by atoms with E-state index in [0.717, 1.165) is 16.7 Å². The number of carbonyl (C=O) groups excluding carboxylic acids is 1. The first kappa shape index (κ1) is 27.3. The van der Waals surface area contributed by atoms with Crippen molar-refractivity contribution in [2.45, 2.75) is 25.8 Å². The molecule has 1 aromatic heterocycles. The second kappa shape index (κ2) is 11.3. The molecule has 0 bridgehead atoms. The van der Waals surface area contributed by atoms with Gasteiger partial charge in [-0.25, -0.2) is 4.57 Å². The molecule has 1 aliphatic rings. The van der Waals surface area contributed by atoms with Crippen molar-refractivity contribution in [2.24, 2.45) is 5.92 Å². The van der Waals surface area contributed by atoms with Gasteiger partial charge in [-0.2, -0.15) is 0 Å². The molecule has 202 valence electrons. The van der Waals surface area contributed by atoms with Crippen molar-refractivity contribution >= 4 is 25.4 Å². The third kappa shape index (κ3) is 6.05. The van der Waals surface area contributed by atoms with E-state index in [2.05, 4.69) is 12.2 Å². The molecule has 38 heavy (non-hydrogen) atoms. The Hall–Kier alpha value is -3.72. The maximum atomic E-state index is 12.9. The average molecular weight is 544 g/mol. The molecule has 3 N–H and O–H groups in total. The summed E-state index contributed by atoms with van der Waals surface area (Å²) in [5.74, 6) is 1.15. The van der Waals surface area contributed by atoms with Gasteiger partial charge in [0.15, 0.2) is 11.5 Å². The van der Waals surface area contributed by atoms with Crippen LogP contribution in [0, 0.1) is 5.92 Å². The Labute approximate surface area is 220 Å². The topological polar surface area (TPSA) is 137 Å². The molecule has 0 spiro atoms. The van der Waals surface area contributed by atoms with Crippen molar-refractivity contribution in [3.63, 3.8) is 0 Å². The van der Waals surface area contributed by atoms with E-state index in [4.69, 9.17) is 23.2 Å². The Kier molecular flexibility index (Phi) is 8.16. The molecule has 10 nitrogen and oxygen atoms in total. The molecule has 0 saturated heterocycles. The summed E-state index contributed by atoms with van der Waals surface area (Å²) in [4.78, 5) is 31.5. The van der Waals surface area contributed by atoms with Crippen LogP contribution < -0.4 is 24.1 Å². The van der Waals surface area contributed by atoms with Crippen molar-refractivity contribution in [1.29, 1.82) is 0 Å². The predicted octanol–water partition coefficient (Wildman–Crippen LogP) is 4.76. The smallest absolute Gasteiger partial charge is 0.497 e. The van der Waals surface area contributed by atoms with Crippen molar-refractivity contribution in [3.8, 4) is 23.0 Å². The van der Waals surface area contributed by atoms with E-state index in [1.165, 1.54) is 14.2 Å². The van der Waals surface area contributed by atoms with Gasteiger partial charge in [-0.3, -0.25) is 14.6 Å². The van der Waals surface area contributed by atoms with E-state index in [1.807, 2.05) is 24.3 Å². The maximum Gasteiger partial charge on any atom is 0.525 e. The fourth-order valence-electron chi connectivity index (χ4n) is 4.71. The molecule has 2 atom stereocenters. The SMILES string of the molecule is COc1ccc2c(c1)C(CC(=O)NCc1ccco1)C(C)C2=Cc1cc(OC)c(OP(=O)(O)O)c(OC)c1. The molecule has 1 heterocycles. The molecule has 1 aliphatic carbocycles. The van der Waals surface area contributed by atoms with Crippen LogP contribution in [0.25, 0.3) is 11.6 Å². The molecule has 11 heteroatoms. The van der Waals surface area contributed by atoms with E-state index in [-0.39, 0.29) is 41.4 Å². The molecule has 0 saturated carbocycles. The lowest BCUT2D eigenvalue weighted by Crippen LogP contribution is -2.25. The van der Waals surface area contributed by atoms with Crippen LogP contribution in [0.2, 0.25) is 0 Å². The highest BCUT2D eigenvalue weighted by atomic mass is 31.2. The maximum absolute atomic E-state index is 12.9. The Morgan fingerprint density at radius 2 is 1.79 bits per heavy atom. The van der Waals surface area contributed by atoms with Crippen LogP contribution in [0.5, 0.6) is 23.0 Å². The first-order valence-electron chi connectivity index (χ1n) is 11.8. The summed E-state index contributed by atoms with van der Waals surface area (Å²) < 4.78 is 37.7. The molecule has 1 amide bonds. The number of phosphoric acid groups is 1. The second-order valence-corrected chi connectivity index (χ2v) is 10.0. The number of carbonyl (C=O) groups is 1. The first-order valence-corrected chi connectivity index (χ1v) is 13.4. The molecule has 0 fully saturated rings. The number of furan rings is 1. The summed E-state index contributed by atoms with van der Waals surface area (Å²) >= 11 is 0. The van der Waals surface area contributed by atoms with E-state index in [0.29, 0.717) is 23.6 Å². The van der Waals surface area contributed by atoms with Gasteiger partial charge in [0.2, 0.25) is 11.7 Å². The molecule has 2 aromatic carbocycles. The third-order valence-electron chi connectivity index (χ3n) is 6.52. The van der Waals surface area contributed by atoms with Crippen LogP contribution in [0.3, 0.4) is 0 Å². The standard InChI is InChI=1S/C27H30NO9P/c1-16-21(10-17-11-24(34-3)27(25(12-17)35-4)37-38(30,31)32)20-8-7-18(33-2)13-23(20)22(16)14-26(29)28-15-19-6-5-9-36-19/h5-13,16,22H,14-15H2,1-4H3,(H,28,29)(H2,30,31,32). The largest absolute Gasteiger partial charge is 0.525 e. The van der Waals surface area contributed by atoms with Crippen molar-refractivity contribution in [2.75, 3.05) is 21.3 Å². The van der Waals surface area contributed by atoms with Crippen LogP contribution in [0.15, 0.2) is 53.1 Å². The number of nitrogens with one attached hydrogen (secondary N) is 1. The fourth-order valence-corrected chi connectivity index (χ4v) is 5.13. The Morgan fingerprint density at radius 1 is 1.08 bits per heavy atom. The third-order valence-corrected chi connectivity index (χ3v) is 6.94. The molecule has 3 aromatic rings.